The molecule has 0 aliphatic carbocycles. The monoisotopic (exact) mass is 412 g/mol. The van der Waals surface area contributed by atoms with Gasteiger partial charge in [0.1, 0.15) is 18.2 Å². The lowest BCUT2D eigenvalue weighted by molar-refractivity contribution is -0.138. The van der Waals surface area contributed by atoms with Crippen LogP contribution in [0.5, 0.6) is 5.75 Å². The van der Waals surface area contributed by atoms with Crippen molar-refractivity contribution in [1.29, 1.82) is 0 Å². The summed E-state index contributed by atoms with van der Waals surface area (Å²) in [5.41, 5.74) is 2.15. The Labute approximate surface area is 174 Å². The minimum absolute atomic E-state index is 0.0601. The van der Waals surface area contributed by atoms with Crippen molar-refractivity contribution < 1.29 is 18.7 Å². The molecule has 0 amide bonds. The van der Waals surface area contributed by atoms with Gasteiger partial charge in [-0.2, -0.15) is 0 Å². The molecule has 1 N–H and O–H groups in total. The van der Waals surface area contributed by atoms with Crippen LogP contribution in [0.4, 0.5) is 10.1 Å². The van der Waals surface area contributed by atoms with Gasteiger partial charge in [0.05, 0.1) is 24.4 Å². The number of carbonyl (C=O) groups is 1. The summed E-state index contributed by atoms with van der Waals surface area (Å²) in [6, 6.07) is 12.7. The molecule has 1 aliphatic heterocycles. The number of anilines is 1. The number of rotatable bonds is 6. The summed E-state index contributed by atoms with van der Waals surface area (Å²) < 4.78 is 24.6. The molecule has 2 aromatic carbocycles. The molecule has 150 valence electrons. The Balaban J connectivity index is 2.16. The number of nitrogens with one attached hydrogen (secondary N) is 1. The molecule has 0 fully saturated rings. The van der Waals surface area contributed by atoms with E-state index in [-0.39, 0.29) is 6.61 Å². The zero-order valence-electron chi connectivity index (χ0n) is 16.1. The second-order valence-electron chi connectivity index (χ2n) is 6.33. The van der Waals surface area contributed by atoms with Crippen LogP contribution in [0.25, 0.3) is 0 Å². The number of thiocarbonyl (C=S) groups is 1. The molecule has 0 bridgehead atoms. The van der Waals surface area contributed by atoms with Crippen LogP contribution in [0.15, 0.2) is 72.5 Å². The molecule has 0 saturated heterocycles. The van der Waals surface area contributed by atoms with Crippen LogP contribution < -0.4 is 15.0 Å². The van der Waals surface area contributed by atoms with Gasteiger partial charge in [0, 0.05) is 5.70 Å². The van der Waals surface area contributed by atoms with E-state index in [1.165, 1.54) is 18.2 Å². The molecule has 7 heteroatoms. The molecule has 0 spiro atoms. The lowest BCUT2D eigenvalue weighted by Crippen LogP contribution is -2.48. The second-order valence-corrected chi connectivity index (χ2v) is 6.72. The highest BCUT2D eigenvalue weighted by Crippen LogP contribution is 2.37. The third kappa shape index (κ3) is 4.14. The van der Waals surface area contributed by atoms with Gasteiger partial charge in [0.25, 0.3) is 0 Å². The van der Waals surface area contributed by atoms with Crippen LogP contribution in [0.1, 0.15) is 18.5 Å². The Hall–Kier alpha value is -3.19. The van der Waals surface area contributed by atoms with Crippen LogP contribution >= 0.6 is 12.2 Å². The van der Waals surface area contributed by atoms with Gasteiger partial charge in [-0.3, -0.25) is 4.90 Å². The molecule has 0 saturated carbocycles. The van der Waals surface area contributed by atoms with Crippen LogP contribution in [0, 0.1) is 5.82 Å². The van der Waals surface area contributed by atoms with E-state index >= 15 is 0 Å². The molecule has 1 atom stereocenters. The highest BCUT2D eigenvalue weighted by molar-refractivity contribution is 7.80. The number of allylic oxidation sites excluding steroid dienone is 1. The van der Waals surface area contributed by atoms with Crippen molar-refractivity contribution >= 4 is 29.0 Å². The topological polar surface area (TPSA) is 50.8 Å². The summed E-state index contributed by atoms with van der Waals surface area (Å²) in [5, 5.41) is 3.51. The quantitative estimate of drug-likeness (QED) is 0.434. The number of halogens is 1. The van der Waals surface area contributed by atoms with Gasteiger partial charge in [-0.25, -0.2) is 9.18 Å². The van der Waals surface area contributed by atoms with Gasteiger partial charge in [0.15, 0.2) is 5.11 Å². The number of esters is 1. The van der Waals surface area contributed by atoms with E-state index in [9.17, 15) is 9.18 Å². The lowest BCUT2D eigenvalue weighted by Gasteiger charge is -2.38. The van der Waals surface area contributed by atoms with Crippen molar-refractivity contribution in [2.75, 3.05) is 18.6 Å². The van der Waals surface area contributed by atoms with Gasteiger partial charge in [-0.1, -0.05) is 36.9 Å². The summed E-state index contributed by atoms with van der Waals surface area (Å²) in [7, 11) is 1.56. The summed E-state index contributed by atoms with van der Waals surface area (Å²) in [6.07, 6.45) is 1.49. The maximum atomic E-state index is 13.9. The smallest absolute Gasteiger partial charge is 0.338 e. The number of carbonyl (C=O) groups excluding carboxylic acids is 1. The van der Waals surface area contributed by atoms with E-state index < -0.39 is 17.8 Å². The number of benzene rings is 2. The van der Waals surface area contributed by atoms with E-state index in [2.05, 4.69) is 11.9 Å². The first-order chi connectivity index (χ1) is 14.0. The van der Waals surface area contributed by atoms with Crippen LogP contribution in [-0.2, 0) is 9.53 Å². The van der Waals surface area contributed by atoms with Gasteiger partial charge in [-0.15, -0.1) is 0 Å². The Morgan fingerprint density at radius 1 is 1.31 bits per heavy atom. The average molecular weight is 412 g/mol. The normalized spacial score (nSPS) is 16.3. The molecule has 1 heterocycles. The van der Waals surface area contributed by atoms with Crippen LogP contribution in [-0.4, -0.2) is 24.8 Å². The van der Waals surface area contributed by atoms with Gasteiger partial charge < -0.3 is 14.8 Å². The zero-order chi connectivity index (χ0) is 21.0. The second kappa shape index (κ2) is 8.87. The standard InChI is InChI=1S/C22H21FN2O3S/c1-4-12-28-21(26)19-14(2)25(17-10-5-6-11-18(17)27-3)22(29)24-20(19)15-8-7-9-16(23)13-15/h4-11,13,20H,1,12H2,2-3H3,(H,24,29)/t20-/m0/s1. The zero-order valence-corrected chi connectivity index (χ0v) is 17.0. The van der Waals surface area contributed by atoms with E-state index in [0.717, 1.165) is 0 Å². The molecule has 0 aromatic heterocycles. The Morgan fingerprint density at radius 2 is 2.07 bits per heavy atom. The first-order valence-corrected chi connectivity index (χ1v) is 9.36. The fraction of sp³-hybridized carbons (Fsp3) is 0.182. The van der Waals surface area contributed by atoms with Crippen molar-refractivity contribution in [3.8, 4) is 5.75 Å². The Kier molecular flexibility index (Phi) is 6.29. The van der Waals surface area contributed by atoms with Crippen LogP contribution in [0.3, 0.4) is 0 Å². The molecular weight excluding hydrogens is 391 g/mol. The highest BCUT2D eigenvalue weighted by Gasteiger charge is 2.36. The van der Waals surface area contributed by atoms with Crippen molar-refractivity contribution in [2.45, 2.75) is 13.0 Å². The molecule has 3 rings (SSSR count). The Morgan fingerprint density at radius 3 is 2.76 bits per heavy atom. The SMILES string of the molecule is C=CCOC(=O)C1=C(C)N(c2ccccc2OC)C(=S)N[C@H]1c1cccc(F)c1. The minimum atomic E-state index is -0.651. The Bertz CT molecular complexity index is 990. The predicted octanol–water partition coefficient (Wildman–Crippen LogP) is 4.27. The fourth-order valence-corrected chi connectivity index (χ4v) is 3.61. The number of hydrogen-bond acceptors (Lipinski definition) is 4. The fourth-order valence-electron chi connectivity index (χ4n) is 3.26. The number of nitrogens with zero attached hydrogens (tertiary/aromatic N) is 1. The maximum absolute atomic E-state index is 13.9. The molecule has 0 unspecified atom stereocenters. The first kappa shape index (κ1) is 20.5. The minimum Gasteiger partial charge on any atom is -0.495 e. The van der Waals surface area contributed by atoms with Crippen molar-refractivity contribution in [1.82, 2.24) is 5.32 Å². The van der Waals surface area contributed by atoms with Crippen molar-refractivity contribution in [3.63, 3.8) is 0 Å². The predicted molar refractivity (Wildman–Crippen MR) is 114 cm³/mol. The van der Waals surface area contributed by atoms with Gasteiger partial charge in [-0.05, 0) is 49.0 Å². The first-order valence-electron chi connectivity index (χ1n) is 8.95. The van der Waals surface area contributed by atoms with Crippen molar-refractivity contribution in [3.05, 3.63) is 83.8 Å². The van der Waals surface area contributed by atoms with Crippen molar-refractivity contribution in [2.24, 2.45) is 0 Å². The highest BCUT2D eigenvalue weighted by atomic mass is 32.1. The van der Waals surface area contributed by atoms with E-state index in [0.29, 0.717) is 33.4 Å². The molecule has 29 heavy (non-hydrogen) atoms. The molecule has 0 radical (unpaired) electrons. The lowest BCUT2D eigenvalue weighted by atomic mass is 9.94. The van der Waals surface area contributed by atoms with E-state index in [1.54, 1.807) is 37.1 Å². The maximum Gasteiger partial charge on any atom is 0.338 e. The third-order valence-corrected chi connectivity index (χ3v) is 4.85. The van der Waals surface area contributed by atoms with Gasteiger partial charge >= 0.3 is 5.97 Å². The number of ether oxygens (including phenoxy) is 2. The summed E-state index contributed by atoms with van der Waals surface area (Å²) in [6.45, 7) is 5.41. The van der Waals surface area contributed by atoms with Gasteiger partial charge in [0.2, 0.25) is 0 Å². The van der Waals surface area contributed by atoms with Crippen LogP contribution in [0.2, 0.25) is 0 Å². The van der Waals surface area contributed by atoms with E-state index in [1.807, 2.05) is 18.2 Å². The number of hydrogen-bond donors (Lipinski definition) is 1. The summed E-state index contributed by atoms with van der Waals surface area (Å²) >= 11 is 5.59. The molecule has 2 aromatic rings. The molecular formula is C22H21FN2O3S. The number of para-hydroxylation sites is 2. The molecule has 5 nitrogen and oxygen atoms in total. The van der Waals surface area contributed by atoms with E-state index in [4.69, 9.17) is 21.7 Å². The summed E-state index contributed by atoms with van der Waals surface area (Å²) in [4.78, 5) is 14.6. The average Bonchev–Trinajstić information content (AvgIpc) is 2.72. The number of methoxy groups -OCH3 is 1. The largest absolute Gasteiger partial charge is 0.495 e. The third-order valence-electron chi connectivity index (χ3n) is 4.55. The molecule has 1 aliphatic rings. The summed E-state index contributed by atoms with van der Waals surface area (Å²) in [5.74, 6) is -0.343.